The fourth-order valence-electron chi connectivity index (χ4n) is 6.20. The lowest BCUT2D eigenvalue weighted by atomic mass is 9.43. The molecule has 4 atom stereocenters. The van der Waals surface area contributed by atoms with E-state index in [0.29, 0.717) is 23.0 Å². The van der Waals surface area contributed by atoms with Gasteiger partial charge in [-0.25, -0.2) is 0 Å². The third kappa shape index (κ3) is 2.70. The lowest BCUT2D eigenvalue weighted by Gasteiger charge is -2.65. The predicted octanol–water partition coefficient (Wildman–Crippen LogP) is 2.33. The number of nitrogens with one attached hydrogen (secondary N) is 1. The minimum absolute atomic E-state index is 0.128. The van der Waals surface area contributed by atoms with Gasteiger partial charge < -0.3 is 15.2 Å². The van der Waals surface area contributed by atoms with Crippen LogP contribution in [0, 0.1) is 16.7 Å². The number of hydrogen-bond acceptors (Lipinski definition) is 3. The van der Waals surface area contributed by atoms with Crippen LogP contribution in [0.1, 0.15) is 52.4 Å². The summed E-state index contributed by atoms with van der Waals surface area (Å²) >= 11 is 0. The van der Waals surface area contributed by atoms with E-state index in [1.807, 2.05) is 0 Å². The van der Waals surface area contributed by atoms with Crippen molar-refractivity contribution in [3.8, 4) is 0 Å². The third-order valence-corrected chi connectivity index (χ3v) is 5.61. The minimum Gasteiger partial charge on any atom is -0.394 e. The molecule has 4 bridgehead atoms. The van der Waals surface area contributed by atoms with Gasteiger partial charge in [-0.2, -0.15) is 0 Å². The highest BCUT2D eigenvalue weighted by molar-refractivity contribution is 5.14. The Morgan fingerprint density at radius 3 is 2.32 bits per heavy atom. The van der Waals surface area contributed by atoms with E-state index < -0.39 is 0 Å². The van der Waals surface area contributed by atoms with Gasteiger partial charge in [0.25, 0.3) is 0 Å². The molecule has 4 aliphatic carbocycles. The third-order valence-electron chi connectivity index (χ3n) is 5.61. The first-order valence-corrected chi connectivity index (χ1v) is 7.90. The van der Waals surface area contributed by atoms with Gasteiger partial charge in [0.1, 0.15) is 0 Å². The average molecular weight is 267 g/mol. The molecule has 3 heteroatoms. The average Bonchev–Trinajstić information content (AvgIpc) is 2.23. The maximum Gasteiger partial charge on any atom is 0.0698 e. The Labute approximate surface area is 117 Å². The van der Waals surface area contributed by atoms with E-state index in [9.17, 15) is 0 Å². The first kappa shape index (κ1) is 13.8. The summed E-state index contributed by atoms with van der Waals surface area (Å²) in [4.78, 5) is 0. The number of ether oxygens (including phenoxy) is 1. The molecule has 110 valence electrons. The monoisotopic (exact) mass is 267 g/mol. The second-order valence-corrected chi connectivity index (χ2v) is 8.17. The van der Waals surface area contributed by atoms with Gasteiger partial charge >= 0.3 is 0 Å². The van der Waals surface area contributed by atoms with Gasteiger partial charge in [0.15, 0.2) is 0 Å². The summed E-state index contributed by atoms with van der Waals surface area (Å²) in [5.41, 5.74) is 1.53. The van der Waals surface area contributed by atoms with Crippen molar-refractivity contribution in [3.63, 3.8) is 0 Å². The SMILES string of the molecule is C[C@]12CC3CC(NCCOCCO)(C1)C[C@@](C)(C3)C2. The van der Waals surface area contributed by atoms with E-state index in [4.69, 9.17) is 9.84 Å². The topological polar surface area (TPSA) is 41.5 Å². The normalized spacial score (nSPS) is 47.8. The van der Waals surface area contributed by atoms with E-state index in [2.05, 4.69) is 19.2 Å². The van der Waals surface area contributed by atoms with Crippen LogP contribution in [-0.4, -0.2) is 37.0 Å². The van der Waals surface area contributed by atoms with Gasteiger partial charge in [0.2, 0.25) is 0 Å². The molecule has 0 radical (unpaired) electrons. The molecule has 0 heterocycles. The van der Waals surface area contributed by atoms with Crippen LogP contribution in [0.15, 0.2) is 0 Å². The summed E-state index contributed by atoms with van der Waals surface area (Å²) in [5.74, 6) is 0.942. The first-order valence-electron chi connectivity index (χ1n) is 7.90. The highest BCUT2D eigenvalue weighted by atomic mass is 16.5. The Balaban J connectivity index is 1.61. The van der Waals surface area contributed by atoms with Gasteiger partial charge in [-0.3, -0.25) is 0 Å². The smallest absolute Gasteiger partial charge is 0.0698 e. The predicted molar refractivity (Wildman–Crippen MR) is 76.0 cm³/mol. The molecule has 0 aromatic heterocycles. The second kappa shape index (κ2) is 4.71. The van der Waals surface area contributed by atoms with Gasteiger partial charge in [-0.15, -0.1) is 0 Å². The summed E-state index contributed by atoms with van der Waals surface area (Å²) < 4.78 is 5.38. The molecule has 0 amide bonds. The maximum atomic E-state index is 8.72. The Hall–Kier alpha value is -0.120. The van der Waals surface area contributed by atoms with E-state index >= 15 is 0 Å². The number of aliphatic hydroxyl groups is 1. The van der Waals surface area contributed by atoms with Gasteiger partial charge in [0.05, 0.1) is 19.8 Å². The lowest BCUT2D eigenvalue weighted by molar-refractivity contribution is -0.118. The maximum absolute atomic E-state index is 8.72. The van der Waals surface area contributed by atoms with E-state index in [1.165, 1.54) is 38.5 Å². The van der Waals surface area contributed by atoms with E-state index in [-0.39, 0.29) is 6.61 Å². The van der Waals surface area contributed by atoms with Crippen molar-refractivity contribution in [2.24, 2.45) is 16.7 Å². The minimum atomic E-state index is 0.128. The number of rotatable bonds is 6. The first-order chi connectivity index (χ1) is 8.97. The molecule has 0 aromatic rings. The fraction of sp³-hybridized carbons (Fsp3) is 1.00. The lowest BCUT2D eigenvalue weighted by Crippen LogP contribution is -2.64. The van der Waals surface area contributed by atoms with Crippen LogP contribution in [0.3, 0.4) is 0 Å². The molecule has 0 aromatic carbocycles. The van der Waals surface area contributed by atoms with Crippen LogP contribution < -0.4 is 5.32 Å². The summed E-state index contributed by atoms with van der Waals surface area (Å²) in [6.45, 7) is 7.26. The van der Waals surface area contributed by atoms with Gasteiger partial charge in [-0.05, 0) is 55.3 Å². The highest BCUT2D eigenvalue weighted by Gasteiger charge is 2.59. The molecule has 3 nitrogen and oxygen atoms in total. The Kier molecular flexibility index (Phi) is 3.43. The Morgan fingerprint density at radius 1 is 1.05 bits per heavy atom. The molecule has 19 heavy (non-hydrogen) atoms. The molecule has 4 saturated carbocycles. The van der Waals surface area contributed by atoms with Crippen molar-refractivity contribution in [1.82, 2.24) is 5.32 Å². The van der Waals surface area contributed by atoms with Crippen LogP contribution >= 0.6 is 0 Å². The standard InChI is InChI=1S/C16H29NO2/c1-14-7-13-8-15(2,10-14)12-16(9-13,11-14)17-3-5-19-6-4-18/h13,17-18H,3-12H2,1-2H3/t13?,14-,15+,16?. The van der Waals surface area contributed by atoms with Crippen molar-refractivity contribution in [2.45, 2.75) is 57.9 Å². The molecule has 0 aliphatic heterocycles. The van der Waals surface area contributed by atoms with Crippen molar-refractivity contribution in [2.75, 3.05) is 26.4 Å². The zero-order chi connectivity index (χ0) is 13.6. The molecule has 0 spiro atoms. The number of hydrogen-bond donors (Lipinski definition) is 2. The van der Waals surface area contributed by atoms with Gasteiger partial charge in [0, 0.05) is 12.1 Å². The fourth-order valence-corrected chi connectivity index (χ4v) is 6.20. The summed E-state index contributed by atoms with van der Waals surface area (Å²) in [7, 11) is 0. The highest BCUT2D eigenvalue weighted by Crippen LogP contribution is 2.66. The van der Waals surface area contributed by atoms with Crippen LogP contribution in [0.5, 0.6) is 0 Å². The summed E-state index contributed by atoms with van der Waals surface area (Å²) in [6.07, 6.45) is 8.41. The van der Waals surface area contributed by atoms with Crippen molar-refractivity contribution >= 4 is 0 Å². The molecule has 4 aliphatic rings. The van der Waals surface area contributed by atoms with Crippen LogP contribution in [0.25, 0.3) is 0 Å². The summed E-state index contributed by atoms with van der Waals surface area (Å²) in [6, 6.07) is 0. The van der Waals surface area contributed by atoms with Crippen LogP contribution in [-0.2, 0) is 4.74 Å². The Morgan fingerprint density at radius 2 is 1.74 bits per heavy atom. The van der Waals surface area contributed by atoms with E-state index in [0.717, 1.165) is 19.1 Å². The molecule has 4 rings (SSSR count). The van der Waals surface area contributed by atoms with E-state index in [1.54, 1.807) is 0 Å². The molecular formula is C16H29NO2. The van der Waals surface area contributed by atoms with Crippen molar-refractivity contribution in [1.29, 1.82) is 0 Å². The van der Waals surface area contributed by atoms with Crippen molar-refractivity contribution in [3.05, 3.63) is 0 Å². The summed E-state index contributed by atoms with van der Waals surface area (Å²) in [5, 5.41) is 12.5. The molecule has 2 unspecified atom stereocenters. The van der Waals surface area contributed by atoms with Crippen molar-refractivity contribution < 1.29 is 9.84 Å². The molecule has 4 fully saturated rings. The number of aliphatic hydroxyl groups excluding tert-OH is 1. The second-order valence-electron chi connectivity index (χ2n) is 8.17. The largest absolute Gasteiger partial charge is 0.394 e. The Bertz CT molecular complexity index is 326. The molecular weight excluding hydrogens is 238 g/mol. The van der Waals surface area contributed by atoms with Gasteiger partial charge in [-0.1, -0.05) is 13.8 Å². The van der Waals surface area contributed by atoms with Crippen LogP contribution in [0.4, 0.5) is 0 Å². The zero-order valence-electron chi connectivity index (χ0n) is 12.5. The zero-order valence-corrected chi connectivity index (χ0v) is 12.5. The quantitative estimate of drug-likeness (QED) is 0.726. The van der Waals surface area contributed by atoms with Crippen LogP contribution in [0.2, 0.25) is 0 Å². The molecule has 2 N–H and O–H groups in total. The molecule has 0 saturated heterocycles.